The zero-order valence-corrected chi connectivity index (χ0v) is 10.3. The molecule has 0 aliphatic rings. The lowest BCUT2D eigenvalue weighted by Crippen LogP contribution is -1.83. The van der Waals surface area contributed by atoms with Crippen LogP contribution in [0.5, 0.6) is 0 Å². The van der Waals surface area contributed by atoms with E-state index in [4.69, 9.17) is 0 Å². The van der Waals surface area contributed by atoms with Crippen molar-refractivity contribution in [3.8, 4) is 0 Å². The van der Waals surface area contributed by atoms with Crippen molar-refractivity contribution < 1.29 is 0 Å². The van der Waals surface area contributed by atoms with Crippen LogP contribution in [0.15, 0.2) is 86.0 Å². The third kappa shape index (κ3) is 2.86. The molecule has 0 saturated carbocycles. The molecule has 0 unspecified atom stereocenters. The normalized spacial score (nSPS) is 11.0. The van der Waals surface area contributed by atoms with Crippen LogP contribution in [0.2, 0.25) is 0 Å². The number of hydrogen-bond acceptors (Lipinski definition) is 0. The summed E-state index contributed by atoms with van der Waals surface area (Å²) in [5.41, 5.74) is 4.37. The third-order valence-electron chi connectivity index (χ3n) is 2.80. The number of benzene rings is 2. The summed E-state index contributed by atoms with van der Waals surface area (Å²) < 4.78 is 0. The first kappa shape index (κ1) is 12.1. The molecule has 2 rings (SSSR count). The molecule has 0 amide bonds. The van der Waals surface area contributed by atoms with Crippen molar-refractivity contribution in [2.75, 3.05) is 0 Å². The van der Waals surface area contributed by atoms with Gasteiger partial charge in [-0.3, -0.25) is 0 Å². The molecule has 0 N–H and O–H groups in total. The van der Waals surface area contributed by atoms with E-state index in [0.29, 0.717) is 0 Å². The molecule has 88 valence electrons. The first-order chi connectivity index (χ1) is 8.81. The summed E-state index contributed by atoms with van der Waals surface area (Å²) in [7, 11) is 0. The molecule has 0 heteroatoms. The highest BCUT2D eigenvalue weighted by Gasteiger charge is 1.99. The molecule has 0 aliphatic heterocycles. The summed E-state index contributed by atoms with van der Waals surface area (Å²) in [5.74, 6) is 0. The van der Waals surface area contributed by atoms with Crippen molar-refractivity contribution >= 4 is 11.1 Å². The molecule has 2 aromatic carbocycles. The minimum atomic E-state index is 0.995. The lowest BCUT2D eigenvalue weighted by Gasteiger charge is -2.05. The van der Waals surface area contributed by atoms with Gasteiger partial charge in [-0.2, -0.15) is 0 Å². The number of allylic oxidation sites excluding steroid dienone is 4. The van der Waals surface area contributed by atoms with Crippen LogP contribution in [0.1, 0.15) is 11.1 Å². The largest absolute Gasteiger partial charge is 0.0984 e. The molecule has 18 heavy (non-hydrogen) atoms. The van der Waals surface area contributed by atoms with Crippen LogP contribution in [-0.2, 0) is 0 Å². The lowest BCUT2D eigenvalue weighted by atomic mass is 10.00. The second-order valence-corrected chi connectivity index (χ2v) is 4.06. The van der Waals surface area contributed by atoms with Crippen LogP contribution in [-0.4, -0.2) is 0 Å². The van der Waals surface area contributed by atoms with E-state index in [-0.39, 0.29) is 0 Å². The summed E-state index contributed by atoms with van der Waals surface area (Å²) in [6.07, 6.45) is 3.93. The maximum atomic E-state index is 4.11. The van der Waals surface area contributed by atoms with Crippen molar-refractivity contribution in [3.05, 3.63) is 97.1 Å². The predicted molar refractivity (Wildman–Crippen MR) is 80.1 cm³/mol. The van der Waals surface area contributed by atoms with Crippen molar-refractivity contribution in [3.63, 3.8) is 0 Å². The highest BCUT2D eigenvalue weighted by molar-refractivity contribution is 5.86. The predicted octanol–water partition coefficient (Wildman–Crippen LogP) is 4.97. The molecule has 0 radical (unpaired) electrons. The summed E-state index contributed by atoms with van der Waals surface area (Å²) in [6, 6.07) is 20.4. The van der Waals surface area contributed by atoms with Gasteiger partial charge in [-0.1, -0.05) is 79.9 Å². The van der Waals surface area contributed by atoms with E-state index in [1.54, 1.807) is 0 Å². The Morgan fingerprint density at radius 3 is 1.78 bits per heavy atom. The summed E-state index contributed by atoms with van der Waals surface area (Å²) in [5, 5.41) is 0. The van der Waals surface area contributed by atoms with Gasteiger partial charge in [0, 0.05) is 0 Å². The topological polar surface area (TPSA) is 0 Å². The minimum Gasteiger partial charge on any atom is -0.0984 e. The highest BCUT2D eigenvalue weighted by Crippen LogP contribution is 2.21. The van der Waals surface area contributed by atoms with Gasteiger partial charge in [0.2, 0.25) is 0 Å². The van der Waals surface area contributed by atoms with Gasteiger partial charge in [-0.15, -0.1) is 0 Å². The van der Waals surface area contributed by atoms with E-state index in [2.05, 4.69) is 43.5 Å². The van der Waals surface area contributed by atoms with E-state index < -0.39 is 0 Å². The Labute approximate surface area is 109 Å². The van der Waals surface area contributed by atoms with Gasteiger partial charge in [0.25, 0.3) is 0 Å². The molecule has 0 nitrogen and oxygen atoms in total. The van der Waals surface area contributed by atoms with Crippen LogP contribution in [0.4, 0.5) is 0 Å². The van der Waals surface area contributed by atoms with Crippen LogP contribution in [0.3, 0.4) is 0 Å². The average molecular weight is 232 g/mol. The second kappa shape index (κ2) is 5.83. The molecule has 0 bridgehead atoms. The Kier molecular flexibility index (Phi) is 3.93. The first-order valence-electron chi connectivity index (χ1n) is 5.95. The Hall–Kier alpha value is -2.34. The fraction of sp³-hybridized carbons (Fsp3) is 0. The molecular formula is C18H16. The van der Waals surface area contributed by atoms with Crippen molar-refractivity contribution in [2.24, 2.45) is 0 Å². The molecular weight excluding hydrogens is 216 g/mol. The summed E-state index contributed by atoms with van der Waals surface area (Å²) in [6.45, 7) is 7.99. The molecule has 0 heterocycles. The molecule has 0 saturated heterocycles. The first-order valence-corrected chi connectivity index (χ1v) is 5.95. The van der Waals surface area contributed by atoms with E-state index in [9.17, 15) is 0 Å². The Morgan fingerprint density at radius 1 is 0.778 bits per heavy atom. The minimum absolute atomic E-state index is 0.995. The Morgan fingerprint density at radius 2 is 1.28 bits per heavy atom. The van der Waals surface area contributed by atoms with E-state index in [1.807, 2.05) is 42.5 Å². The monoisotopic (exact) mass is 232 g/mol. The summed E-state index contributed by atoms with van der Waals surface area (Å²) in [4.78, 5) is 0. The van der Waals surface area contributed by atoms with Gasteiger partial charge in [0.15, 0.2) is 0 Å². The van der Waals surface area contributed by atoms with Gasteiger partial charge >= 0.3 is 0 Å². The Balaban J connectivity index is 2.32. The van der Waals surface area contributed by atoms with E-state index in [1.165, 1.54) is 0 Å². The maximum Gasteiger partial charge on any atom is -0.0184 e. The van der Waals surface area contributed by atoms with Crippen molar-refractivity contribution in [1.29, 1.82) is 0 Å². The third-order valence-corrected chi connectivity index (χ3v) is 2.80. The average Bonchev–Trinajstić information content (AvgIpc) is 2.46. The summed E-state index contributed by atoms with van der Waals surface area (Å²) >= 11 is 0. The van der Waals surface area contributed by atoms with Gasteiger partial charge in [-0.25, -0.2) is 0 Å². The van der Waals surface area contributed by atoms with E-state index in [0.717, 1.165) is 22.3 Å². The maximum absolute atomic E-state index is 4.11. The van der Waals surface area contributed by atoms with Gasteiger partial charge in [0.05, 0.1) is 0 Å². The second-order valence-electron chi connectivity index (χ2n) is 4.06. The molecule has 0 fully saturated rings. The fourth-order valence-corrected chi connectivity index (χ4v) is 1.81. The van der Waals surface area contributed by atoms with Crippen LogP contribution >= 0.6 is 0 Å². The quantitative estimate of drug-likeness (QED) is 0.653. The Bertz CT molecular complexity index is 560. The standard InChI is InChI=1S/C18H16/c1-3-16(18-12-8-5-9-13-18)14-15(2)17-10-6-4-7-11-17/h3-14H,1-2H2. The molecule has 2 aromatic rings. The number of hydrogen-bond donors (Lipinski definition) is 0. The molecule has 0 spiro atoms. The molecule has 0 aliphatic carbocycles. The van der Waals surface area contributed by atoms with Gasteiger partial charge in [-0.05, 0) is 28.3 Å². The highest BCUT2D eigenvalue weighted by atomic mass is 14.0. The SMILES string of the molecule is C=CC(=CC(=C)c1ccccc1)c1ccccc1. The zero-order chi connectivity index (χ0) is 12.8. The van der Waals surface area contributed by atoms with Crippen LogP contribution < -0.4 is 0 Å². The number of rotatable bonds is 4. The smallest absolute Gasteiger partial charge is 0.0184 e. The van der Waals surface area contributed by atoms with Crippen molar-refractivity contribution in [2.45, 2.75) is 0 Å². The molecule has 0 atom stereocenters. The fourth-order valence-electron chi connectivity index (χ4n) is 1.81. The van der Waals surface area contributed by atoms with Crippen LogP contribution in [0, 0.1) is 0 Å². The lowest BCUT2D eigenvalue weighted by molar-refractivity contribution is 1.60. The zero-order valence-electron chi connectivity index (χ0n) is 10.3. The van der Waals surface area contributed by atoms with Crippen LogP contribution in [0.25, 0.3) is 11.1 Å². The van der Waals surface area contributed by atoms with Crippen molar-refractivity contribution in [1.82, 2.24) is 0 Å². The molecule has 0 aromatic heterocycles. The van der Waals surface area contributed by atoms with Gasteiger partial charge < -0.3 is 0 Å². The van der Waals surface area contributed by atoms with Gasteiger partial charge in [0.1, 0.15) is 0 Å². The van der Waals surface area contributed by atoms with E-state index >= 15 is 0 Å².